The SMILES string of the molecule is CCCN(C)C(C)OC(C)N(C)CCC. The number of ether oxygens (including phenoxy) is 1. The molecule has 0 amide bonds. The first-order valence-electron chi connectivity index (χ1n) is 6.08. The van der Waals surface area contributed by atoms with Gasteiger partial charge in [-0.2, -0.15) is 0 Å². The predicted octanol–water partition coefficient (Wildman–Crippen LogP) is 2.38. The molecule has 0 aromatic carbocycles. The molecule has 0 N–H and O–H groups in total. The molecule has 0 fully saturated rings. The summed E-state index contributed by atoms with van der Waals surface area (Å²) in [5.41, 5.74) is 0. The maximum absolute atomic E-state index is 5.93. The third-order valence-corrected chi connectivity index (χ3v) is 2.79. The van der Waals surface area contributed by atoms with Crippen LogP contribution in [0.5, 0.6) is 0 Å². The second kappa shape index (κ2) is 8.08. The molecule has 15 heavy (non-hydrogen) atoms. The lowest BCUT2D eigenvalue weighted by molar-refractivity contribution is -0.126. The first-order valence-corrected chi connectivity index (χ1v) is 6.08. The van der Waals surface area contributed by atoms with Crippen LogP contribution in [0.15, 0.2) is 0 Å². The van der Waals surface area contributed by atoms with Crippen LogP contribution in [0.4, 0.5) is 0 Å². The minimum Gasteiger partial charge on any atom is -0.345 e. The van der Waals surface area contributed by atoms with E-state index in [1.807, 2.05) is 0 Å². The second-order valence-electron chi connectivity index (χ2n) is 4.30. The molecule has 3 heteroatoms. The molecule has 0 rings (SSSR count). The van der Waals surface area contributed by atoms with Gasteiger partial charge in [-0.1, -0.05) is 13.8 Å². The molecule has 0 aliphatic carbocycles. The Bertz CT molecular complexity index is 137. The highest BCUT2D eigenvalue weighted by Crippen LogP contribution is 2.06. The summed E-state index contributed by atoms with van der Waals surface area (Å²) in [5.74, 6) is 0. The van der Waals surface area contributed by atoms with Crippen LogP contribution in [0.1, 0.15) is 40.5 Å². The molecule has 0 spiro atoms. The molecule has 0 heterocycles. The summed E-state index contributed by atoms with van der Waals surface area (Å²) < 4.78 is 5.93. The van der Waals surface area contributed by atoms with Crippen molar-refractivity contribution in [2.45, 2.75) is 53.0 Å². The standard InChI is InChI=1S/C12H28N2O/c1-7-9-13(5)11(3)15-12(4)14(6)10-8-2/h11-12H,7-10H2,1-6H3. The molecule has 2 unspecified atom stereocenters. The van der Waals surface area contributed by atoms with Crippen molar-refractivity contribution in [1.29, 1.82) is 0 Å². The summed E-state index contributed by atoms with van der Waals surface area (Å²) in [7, 11) is 4.22. The van der Waals surface area contributed by atoms with E-state index < -0.39 is 0 Å². The molecular weight excluding hydrogens is 188 g/mol. The summed E-state index contributed by atoms with van der Waals surface area (Å²) >= 11 is 0. The van der Waals surface area contributed by atoms with Crippen LogP contribution < -0.4 is 0 Å². The lowest BCUT2D eigenvalue weighted by atomic mass is 10.4. The highest BCUT2D eigenvalue weighted by molar-refractivity contribution is 4.57. The molecule has 92 valence electrons. The third-order valence-electron chi connectivity index (χ3n) is 2.79. The van der Waals surface area contributed by atoms with Crippen LogP contribution in [0.3, 0.4) is 0 Å². The Balaban J connectivity index is 3.88. The number of hydrogen-bond donors (Lipinski definition) is 0. The van der Waals surface area contributed by atoms with E-state index in [2.05, 4.69) is 51.6 Å². The summed E-state index contributed by atoms with van der Waals surface area (Å²) in [6.45, 7) is 10.8. The number of rotatable bonds is 8. The molecule has 2 atom stereocenters. The molecule has 0 aromatic rings. The molecule has 3 nitrogen and oxygen atoms in total. The van der Waals surface area contributed by atoms with Gasteiger partial charge in [0.25, 0.3) is 0 Å². The van der Waals surface area contributed by atoms with E-state index >= 15 is 0 Å². The topological polar surface area (TPSA) is 15.7 Å². The van der Waals surface area contributed by atoms with Gasteiger partial charge in [0, 0.05) is 0 Å². The van der Waals surface area contributed by atoms with Crippen LogP contribution in [0.25, 0.3) is 0 Å². The summed E-state index contributed by atoms with van der Waals surface area (Å²) in [5, 5.41) is 0. The zero-order valence-electron chi connectivity index (χ0n) is 11.3. The van der Waals surface area contributed by atoms with Crippen molar-refractivity contribution in [2.75, 3.05) is 27.2 Å². The fourth-order valence-electron chi connectivity index (χ4n) is 1.56. The summed E-state index contributed by atoms with van der Waals surface area (Å²) in [4.78, 5) is 4.49. The molecule has 0 aromatic heterocycles. The molecule has 0 saturated heterocycles. The van der Waals surface area contributed by atoms with E-state index in [9.17, 15) is 0 Å². The van der Waals surface area contributed by atoms with Crippen LogP contribution in [0.2, 0.25) is 0 Å². The Morgan fingerprint density at radius 2 is 1.20 bits per heavy atom. The zero-order chi connectivity index (χ0) is 11.8. The number of nitrogens with zero attached hydrogens (tertiary/aromatic N) is 2. The summed E-state index contributed by atoms with van der Waals surface area (Å²) in [6, 6.07) is 0. The van der Waals surface area contributed by atoms with Crippen molar-refractivity contribution >= 4 is 0 Å². The van der Waals surface area contributed by atoms with Gasteiger partial charge < -0.3 is 4.74 Å². The second-order valence-corrected chi connectivity index (χ2v) is 4.30. The average molecular weight is 216 g/mol. The quantitative estimate of drug-likeness (QED) is 0.579. The van der Waals surface area contributed by atoms with Gasteiger partial charge in [0.1, 0.15) is 12.5 Å². The van der Waals surface area contributed by atoms with Gasteiger partial charge in [-0.3, -0.25) is 9.80 Å². The maximum atomic E-state index is 5.93. The Labute approximate surface area is 95.4 Å². The first-order chi connectivity index (χ1) is 7.02. The van der Waals surface area contributed by atoms with E-state index in [0.717, 1.165) is 13.1 Å². The van der Waals surface area contributed by atoms with Crippen molar-refractivity contribution < 1.29 is 4.74 Å². The molecule has 0 aliphatic rings. The van der Waals surface area contributed by atoms with Gasteiger partial charge in [0.15, 0.2) is 0 Å². The van der Waals surface area contributed by atoms with Crippen molar-refractivity contribution in [3.05, 3.63) is 0 Å². The minimum absolute atomic E-state index is 0.194. The van der Waals surface area contributed by atoms with Crippen LogP contribution in [-0.2, 0) is 4.74 Å². The van der Waals surface area contributed by atoms with Crippen molar-refractivity contribution in [2.24, 2.45) is 0 Å². The highest BCUT2D eigenvalue weighted by atomic mass is 16.5. The largest absolute Gasteiger partial charge is 0.345 e. The maximum Gasteiger partial charge on any atom is 0.109 e. The van der Waals surface area contributed by atoms with Gasteiger partial charge in [-0.05, 0) is 53.9 Å². The van der Waals surface area contributed by atoms with Crippen molar-refractivity contribution in [3.8, 4) is 0 Å². The van der Waals surface area contributed by atoms with Crippen molar-refractivity contribution in [1.82, 2.24) is 9.80 Å². The molecule has 0 saturated carbocycles. The van der Waals surface area contributed by atoms with Gasteiger partial charge in [-0.15, -0.1) is 0 Å². The van der Waals surface area contributed by atoms with E-state index in [1.54, 1.807) is 0 Å². The Hall–Kier alpha value is -0.120. The zero-order valence-corrected chi connectivity index (χ0v) is 11.3. The third kappa shape index (κ3) is 6.13. The van der Waals surface area contributed by atoms with Gasteiger partial charge >= 0.3 is 0 Å². The van der Waals surface area contributed by atoms with E-state index in [-0.39, 0.29) is 12.5 Å². The highest BCUT2D eigenvalue weighted by Gasteiger charge is 2.15. The normalized spacial score (nSPS) is 16.0. The molecular formula is C12H28N2O. The van der Waals surface area contributed by atoms with Crippen molar-refractivity contribution in [3.63, 3.8) is 0 Å². The van der Waals surface area contributed by atoms with E-state index in [0.29, 0.717) is 0 Å². The first kappa shape index (κ1) is 14.9. The molecule has 0 bridgehead atoms. The fraction of sp³-hybridized carbons (Fsp3) is 1.00. The van der Waals surface area contributed by atoms with Gasteiger partial charge in [-0.25, -0.2) is 0 Å². The van der Waals surface area contributed by atoms with Gasteiger partial charge in [0.2, 0.25) is 0 Å². The van der Waals surface area contributed by atoms with E-state index in [1.165, 1.54) is 12.8 Å². The monoisotopic (exact) mass is 216 g/mol. The smallest absolute Gasteiger partial charge is 0.109 e. The molecule has 0 aliphatic heterocycles. The Morgan fingerprint density at radius 1 is 0.867 bits per heavy atom. The Morgan fingerprint density at radius 3 is 1.47 bits per heavy atom. The summed E-state index contributed by atoms with van der Waals surface area (Å²) in [6.07, 6.45) is 2.73. The van der Waals surface area contributed by atoms with Crippen LogP contribution >= 0.6 is 0 Å². The van der Waals surface area contributed by atoms with Crippen LogP contribution in [0, 0.1) is 0 Å². The minimum atomic E-state index is 0.194. The van der Waals surface area contributed by atoms with E-state index in [4.69, 9.17) is 4.74 Å². The average Bonchev–Trinajstić information content (AvgIpc) is 2.18. The van der Waals surface area contributed by atoms with Gasteiger partial charge in [0.05, 0.1) is 0 Å². The Kier molecular flexibility index (Phi) is 8.02. The predicted molar refractivity (Wildman–Crippen MR) is 65.9 cm³/mol. The number of hydrogen-bond acceptors (Lipinski definition) is 3. The fourth-order valence-corrected chi connectivity index (χ4v) is 1.56. The lowest BCUT2D eigenvalue weighted by Crippen LogP contribution is -2.40. The molecule has 0 radical (unpaired) electrons. The van der Waals surface area contributed by atoms with Crippen LogP contribution in [-0.4, -0.2) is 49.4 Å². The lowest BCUT2D eigenvalue weighted by Gasteiger charge is -2.31.